The summed E-state index contributed by atoms with van der Waals surface area (Å²) in [5.74, 6) is 1.91. The molecule has 2 aliphatic rings. The Balaban J connectivity index is 1.85. The molecule has 1 saturated heterocycles. The van der Waals surface area contributed by atoms with Crippen LogP contribution in [0.25, 0.3) is 0 Å². The van der Waals surface area contributed by atoms with Gasteiger partial charge in [-0.3, -0.25) is 14.9 Å². The van der Waals surface area contributed by atoms with E-state index in [1.165, 1.54) is 0 Å². The molecule has 1 amide bonds. The van der Waals surface area contributed by atoms with Gasteiger partial charge < -0.3 is 4.90 Å². The standard InChI is InChI=1S/C14H16N2O2S/c1-9(17)10-2-3-13-11(6-10)4-5-16(13)14(18)12-7-19-8-15-12/h2-3,6,12,15H,4-5,7-8H2,1H3. The van der Waals surface area contributed by atoms with Gasteiger partial charge in [0.25, 0.3) is 0 Å². The summed E-state index contributed by atoms with van der Waals surface area (Å²) >= 11 is 1.75. The van der Waals surface area contributed by atoms with E-state index in [1.54, 1.807) is 18.7 Å². The lowest BCUT2D eigenvalue weighted by Gasteiger charge is -2.21. The number of nitrogens with one attached hydrogen (secondary N) is 1. The van der Waals surface area contributed by atoms with Crippen LogP contribution in [0.4, 0.5) is 5.69 Å². The number of hydrogen-bond donors (Lipinski definition) is 1. The van der Waals surface area contributed by atoms with Crippen LogP contribution in [-0.2, 0) is 11.2 Å². The molecule has 100 valence electrons. The summed E-state index contributed by atoms with van der Waals surface area (Å²) in [5.41, 5.74) is 2.79. The van der Waals surface area contributed by atoms with Crippen molar-refractivity contribution in [3.63, 3.8) is 0 Å². The zero-order chi connectivity index (χ0) is 13.4. The molecule has 0 bridgehead atoms. The number of benzene rings is 1. The van der Waals surface area contributed by atoms with Gasteiger partial charge in [-0.2, -0.15) is 0 Å². The molecule has 3 rings (SSSR count). The Morgan fingerprint density at radius 2 is 2.26 bits per heavy atom. The zero-order valence-electron chi connectivity index (χ0n) is 10.8. The van der Waals surface area contributed by atoms with Crippen LogP contribution < -0.4 is 10.2 Å². The minimum absolute atomic E-state index is 0.0663. The monoisotopic (exact) mass is 276 g/mol. The van der Waals surface area contributed by atoms with E-state index in [0.29, 0.717) is 0 Å². The summed E-state index contributed by atoms with van der Waals surface area (Å²) in [6, 6.07) is 5.56. The quantitative estimate of drug-likeness (QED) is 0.831. The number of amides is 1. The number of ketones is 1. The largest absolute Gasteiger partial charge is 0.310 e. The Kier molecular flexibility index (Phi) is 3.33. The lowest BCUT2D eigenvalue weighted by atomic mass is 10.1. The first-order valence-corrected chi connectivity index (χ1v) is 7.58. The molecule has 0 aliphatic carbocycles. The van der Waals surface area contributed by atoms with Gasteiger partial charge >= 0.3 is 0 Å². The lowest BCUT2D eigenvalue weighted by molar-refractivity contribution is -0.119. The van der Waals surface area contributed by atoms with Crippen LogP contribution in [-0.4, -0.2) is 35.9 Å². The maximum atomic E-state index is 12.4. The second kappa shape index (κ2) is 4.98. The highest BCUT2D eigenvalue weighted by atomic mass is 32.2. The molecule has 5 heteroatoms. The summed E-state index contributed by atoms with van der Waals surface area (Å²) in [7, 11) is 0. The average molecular weight is 276 g/mol. The summed E-state index contributed by atoms with van der Waals surface area (Å²) in [6.07, 6.45) is 0.835. The van der Waals surface area contributed by atoms with Gasteiger partial charge in [0.05, 0.1) is 6.04 Å². The van der Waals surface area contributed by atoms with Crippen molar-refractivity contribution in [3.8, 4) is 0 Å². The molecule has 1 aromatic rings. The van der Waals surface area contributed by atoms with E-state index < -0.39 is 0 Å². The predicted octanol–water partition coefficient (Wildman–Crippen LogP) is 1.44. The number of carbonyl (C=O) groups is 2. The molecule has 0 radical (unpaired) electrons. The van der Waals surface area contributed by atoms with Crippen molar-refractivity contribution < 1.29 is 9.59 Å². The molecule has 1 unspecified atom stereocenters. The summed E-state index contributed by atoms with van der Waals surface area (Å²) in [4.78, 5) is 25.6. The first kappa shape index (κ1) is 12.7. The van der Waals surface area contributed by atoms with Crippen LogP contribution in [0.2, 0.25) is 0 Å². The third-order valence-electron chi connectivity index (χ3n) is 3.66. The Hall–Kier alpha value is -1.33. The molecule has 2 heterocycles. The van der Waals surface area contributed by atoms with Gasteiger partial charge in [0.2, 0.25) is 5.91 Å². The summed E-state index contributed by atoms with van der Waals surface area (Å²) in [6.45, 7) is 2.29. The number of hydrogen-bond acceptors (Lipinski definition) is 4. The fraction of sp³-hybridized carbons (Fsp3) is 0.429. The number of anilines is 1. The SMILES string of the molecule is CC(=O)c1ccc2c(c1)CCN2C(=O)C1CSCN1. The van der Waals surface area contributed by atoms with E-state index in [1.807, 2.05) is 23.1 Å². The predicted molar refractivity (Wildman–Crippen MR) is 76.8 cm³/mol. The normalized spacial score (nSPS) is 21.5. The minimum atomic E-state index is -0.0663. The maximum Gasteiger partial charge on any atom is 0.245 e. The number of carbonyl (C=O) groups excluding carboxylic acids is 2. The van der Waals surface area contributed by atoms with Crippen LogP contribution in [0, 0.1) is 0 Å². The molecule has 1 atom stereocenters. The molecule has 1 fully saturated rings. The van der Waals surface area contributed by atoms with Crippen molar-refractivity contribution in [2.45, 2.75) is 19.4 Å². The molecule has 1 N–H and O–H groups in total. The third-order valence-corrected chi connectivity index (χ3v) is 4.60. The molecule has 0 spiro atoms. The van der Waals surface area contributed by atoms with Crippen LogP contribution in [0.1, 0.15) is 22.8 Å². The van der Waals surface area contributed by atoms with Gasteiger partial charge in [-0.1, -0.05) is 0 Å². The first-order chi connectivity index (χ1) is 9.16. The number of thioether (sulfide) groups is 1. The van der Waals surface area contributed by atoms with Gasteiger partial charge in [0.15, 0.2) is 5.78 Å². The Bertz CT molecular complexity index is 538. The zero-order valence-corrected chi connectivity index (χ0v) is 11.6. The van der Waals surface area contributed by atoms with E-state index in [9.17, 15) is 9.59 Å². The molecule has 19 heavy (non-hydrogen) atoms. The first-order valence-electron chi connectivity index (χ1n) is 6.43. The van der Waals surface area contributed by atoms with E-state index in [0.717, 1.165) is 41.4 Å². The molecule has 0 aromatic heterocycles. The van der Waals surface area contributed by atoms with Gasteiger partial charge in [-0.05, 0) is 37.1 Å². The molecular weight excluding hydrogens is 260 g/mol. The fourth-order valence-electron chi connectivity index (χ4n) is 2.59. The topological polar surface area (TPSA) is 49.4 Å². The highest BCUT2D eigenvalue weighted by molar-refractivity contribution is 7.99. The van der Waals surface area contributed by atoms with Crippen LogP contribution in [0.3, 0.4) is 0 Å². The van der Waals surface area contributed by atoms with Crippen LogP contribution in [0.15, 0.2) is 18.2 Å². The Labute approximate surface area is 116 Å². The van der Waals surface area contributed by atoms with Gasteiger partial charge in [-0.15, -0.1) is 11.8 Å². The number of nitrogens with zero attached hydrogens (tertiary/aromatic N) is 1. The second-order valence-corrected chi connectivity index (χ2v) is 5.94. The smallest absolute Gasteiger partial charge is 0.245 e. The van der Waals surface area contributed by atoms with Crippen molar-refractivity contribution >= 4 is 29.1 Å². The average Bonchev–Trinajstić information content (AvgIpc) is 3.06. The third kappa shape index (κ3) is 2.28. The second-order valence-electron chi connectivity index (χ2n) is 4.91. The van der Waals surface area contributed by atoms with Crippen molar-refractivity contribution in [1.29, 1.82) is 0 Å². The Morgan fingerprint density at radius 3 is 2.95 bits per heavy atom. The van der Waals surface area contributed by atoms with Crippen molar-refractivity contribution in [1.82, 2.24) is 5.32 Å². The molecule has 2 aliphatic heterocycles. The van der Waals surface area contributed by atoms with Gasteiger partial charge in [0.1, 0.15) is 0 Å². The number of Topliss-reactive ketones (excluding diaryl/α,β-unsaturated/α-hetero) is 1. The van der Waals surface area contributed by atoms with Crippen molar-refractivity contribution in [3.05, 3.63) is 29.3 Å². The van der Waals surface area contributed by atoms with E-state index in [-0.39, 0.29) is 17.7 Å². The molecule has 4 nitrogen and oxygen atoms in total. The molecule has 1 aromatic carbocycles. The van der Waals surface area contributed by atoms with E-state index >= 15 is 0 Å². The minimum Gasteiger partial charge on any atom is -0.310 e. The van der Waals surface area contributed by atoms with Crippen molar-refractivity contribution in [2.75, 3.05) is 23.1 Å². The summed E-state index contributed by atoms with van der Waals surface area (Å²) in [5, 5.41) is 3.21. The van der Waals surface area contributed by atoms with Gasteiger partial charge in [0, 0.05) is 29.4 Å². The maximum absolute atomic E-state index is 12.4. The lowest BCUT2D eigenvalue weighted by Crippen LogP contribution is -2.44. The fourth-order valence-corrected chi connectivity index (χ4v) is 3.52. The summed E-state index contributed by atoms with van der Waals surface area (Å²) < 4.78 is 0. The highest BCUT2D eigenvalue weighted by Gasteiger charge is 2.32. The van der Waals surface area contributed by atoms with Crippen molar-refractivity contribution in [2.24, 2.45) is 0 Å². The van der Waals surface area contributed by atoms with E-state index in [4.69, 9.17) is 0 Å². The molecule has 0 saturated carbocycles. The number of rotatable bonds is 2. The molecular formula is C14H16N2O2S. The highest BCUT2D eigenvalue weighted by Crippen LogP contribution is 2.30. The van der Waals surface area contributed by atoms with E-state index in [2.05, 4.69) is 5.32 Å². The van der Waals surface area contributed by atoms with Crippen LogP contribution >= 0.6 is 11.8 Å². The Morgan fingerprint density at radius 1 is 1.42 bits per heavy atom. The van der Waals surface area contributed by atoms with Gasteiger partial charge in [-0.25, -0.2) is 0 Å². The number of fused-ring (bicyclic) bond motifs is 1. The van der Waals surface area contributed by atoms with Crippen LogP contribution in [0.5, 0.6) is 0 Å².